The largest absolute Gasteiger partial charge is 0.328 e. The standard InChI is InChI=1S/C10H18N2OS/c1-2-5-11-7-8-12(10(11)13)6-3-4-9-14/h7-8,14H,2-6,9H2,1H3. The van der Waals surface area contributed by atoms with E-state index >= 15 is 0 Å². The first-order chi connectivity index (χ1) is 6.79. The first kappa shape index (κ1) is 11.4. The van der Waals surface area contributed by atoms with Crippen molar-refractivity contribution in [1.29, 1.82) is 0 Å². The lowest BCUT2D eigenvalue weighted by atomic mass is 10.3. The number of aryl methyl sites for hydroxylation is 2. The average Bonchev–Trinajstić information content (AvgIpc) is 2.51. The van der Waals surface area contributed by atoms with Crippen LogP contribution in [0.2, 0.25) is 0 Å². The molecule has 0 aliphatic heterocycles. The summed E-state index contributed by atoms with van der Waals surface area (Å²) in [7, 11) is 0. The van der Waals surface area contributed by atoms with E-state index in [4.69, 9.17) is 0 Å². The third-order valence-electron chi connectivity index (χ3n) is 2.19. The topological polar surface area (TPSA) is 26.9 Å². The first-order valence-corrected chi connectivity index (χ1v) is 5.79. The van der Waals surface area contributed by atoms with Crippen molar-refractivity contribution in [2.45, 2.75) is 39.3 Å². The lowest BCUT2D eigenvalue weighted by Crippen LogP contribution is -2.24. The lowest BCUT2D eigenvalue weighted by Gasteiger charge is -2.00. The van der Waals surface area contributed by atoms with Gasteiger partial charge in [0.25, 0.3) is 0 Å². The maximum Gasteiger partial charge on any atom is 0.328 e. The van der Waals surface area contributed by atoms with Gasteiger partial charge in [-0.1, -0.05) is 6.92 Å². The van der Waals surface area contributed by atoms with Crippen molar-refractivity contribution in [3.8, 4) is 0 Å². The van der Waals surface area contributed by atoms with Crippen LogP contribution in [0.4, 0.5) is 0 Å². The van der Waals surface area contributed by atoms with Crippen molar-refractivity contribution >= 4 is 12.6 Å². The van der Waals surface area contributed by atoms with Gasteiger partial charge in [0.15, 0.2) is 0 Å². The van der Waals surface area contributed by atoms with E-state index in [9.17, 15) is 4.79 Å². The summed E-state index contributed by atoms with van der Waals surface area (Å²) in [5.74, 6) is 0.893. The highest BCUT2D eigenvalue weighted by Crippen LogP contribution is 1.95. The predicted octanol–water partition coefficient (Wildman–Crippen LogP) is 1.77. The molecule has 4 heteroatoms. The van der Waals surface area contributed by atoms with Gasteiger partial charge in [-0.2, -0.15) is 12.6 Å². The maximum atomic E-state index is 11.7. The molecule has 0 radical (unpaired) electrons. The quantitative estimate of drug-likeness (QED) is 0.567. The Morgan fingerprint density at radius 1 is 1.21 bits per heavy atom. The SMILES string of the molecule is CCCn1ccn(CCCCS)c1=O. The number of hydrogen-bond acceptors (Lipinski definition) is 2. The molecule has 1 heterocycles. The molecule has 0 unspecified atom stereocenters. The van der Waals surface area contributed by atoms with Crippen molar-refractivity contribution in [2.75, 3.05) is 5.75 Å². The Morgan fingerprint density at radius 2 is 1.86 bits per heavy atom. The Balaban J connectivity index is 2.56. The van der Waals surface area contributed by atoms with Gasteiger partial charge < -0.3 is 0 Å². The van der Waals surface area contributed by atoms with Gasteiger partial charge in [-0.15, -0.1) is 0 Å². The highest BCUT2D eigenvalue weighted by atomic mass is 32.1. The van der Waals surface area contributed by atoms with Gasteiger partial charge in [-0.3, -0.25) is 9.13 Å². The van der Waals surface area contributed by atoms with Crippen molar-refractivity contribution in [1.82, 2.24) is 9.13 Å². The fraction of sp³-hybridized carbons (Fsp3) is 0.700. The van der Waals surface area contributed by atoms with Gasteiger partial charge >= 0.3 is 5.69 Å². The summed E-state index contributed by atoms with van der Waals surface area (Å²) in [4.78, 5) is 11.7. The fourth-order valence-corrected chi connectivity index (χ4v) is 1.65. The molecule has 0 aliphatic carbocycles. The smallest absolute Gasteiger partial charge is 0.299 e. The molecular weight excluding hydrogens is 196 g/mol. The van der Waals surface area contributed by atoms with Gasteiger partial charge in [-0.25, -0.2) is 4.79 Å². The number of unbranched alkanes of at least 4 members (excludes halogenated alkanes) is 1. The summed E-state index contributed by atoms with van der Waals surface area (Å²) < 4.78 is 3.54. The summed E-state index contributed by atoms with van der Waals surface area (Å²) in [6.45, 7) is 3.71. The third kappa shape index (κ3) is 2.94. The first-order valence-electron chi connectivity index (χ1n) is 5.16. The minimum Gasteiger partial charge on any atom is -0.299 e. The van der Waals surface area contributed by atoms with E-state index in [-0.39, 0.29) is 5.69 Å². The monoisotopic (exact) mass is 214 g/mol. The van der Waals surface area contributed by atoms with Crippen molar-refractivity contribution in [2.24, 2.45) is 0 Å². The predicted molar refractivity (Wildman–Crippen MR) is 62.1 cm³/mol. The number of nitrogens with zero attached hydrogens (tertiary/aromatic N) is 2. The maximum absolute atomic E-state index is 11.7. The van der Waals surface area contributed by atoms with Crippen molar-refractivity contribution in [3.63, 3.8) is 0 Å². The summed E-state index contributed by atoms with van der Waals surface area (Å²) in [5.41, 5.74) is 0.117. The number of imidazole rings is 1. The molecule has 0 aromatic carbocycles. The molecule has 0 spiro atoms. The Morgan fingerprint density at radius 3 is 2.43 bits per heavy atom. The van der Waals surface area contributed by atoms with E-state index in [0.717, 1.165) is 38.1 Å². The molecule has 0 saturated carbocycles. The van der Waals surface area contributed by atoms with E-state index in [1.54, 1.807) is 9.13 Å². The molecule has 1 aromatic heterocycles. The Bertz CT molecular complexity index is 316. The molecule has 1 rings (SSSR count). The van der Waals surface area contributed by atoms with Crippen molar-refractivity contribution < 1.29 is 0 Å². The van der Waals surface area contributed by atoms with Crippen LogP contribution in [-0.2, 0) is 13.1 Å². The van der Waals surface area contributed by atoms with Crippen LogP contribution in [0.25, 0.3) is 0 Å². The van der Waals surface area contributed by atoms with E-state index in [1.165, 1.54) is 0 Å². The Hall–Kier alpha value is -0.640. The molecular formula is C10H18N2OS. The summed E-state index contributed by atoms with van der Waals surface area (Å²) >= 11 is 4.14. The van der Waals surface area contributed by atoms with Gasteiger partial charge in [0, 0.05) is 25.5 Å². The molecule has 1 aromatic rings. The van der Waals surface area contributed by atoms with Crippen LogP contribution in [0.15, 0.2) is 17.2 Å². The molecule has 0 amide bonds. The number of aromatic nitrogens is 2. The van der Waals surface area contributed by atoms with Crippen LogP contribution in [-0.4, -0.2) is 14.9 Å². The molecule has 14 heavy (non-hydrogen) atoms. The number of hydrogen-bond donors (Lipinski definition) is 1. The highest BCUT2D eigenvalue weighted by molar-refractivity contribution is 7.80. The minimum atomic E-state index is 0.117. The van der Waals surface area contributed by atoms with Crippen molar-refractivity contribution in [3.05, 3.63) is 22.9 Å². The van der Waals surface area contributed by atoms with Crippen LogP contribution >= 0.6 is 12.6 Å². The Kier molecular flexibility index (Phi) is 4.87. The van der Waals surface area contributed by atoms with Gasteiger partial charge in [0.05, 0.1) is 0 Å². The molecule has 0 N–H and O–H groups in total. The van der Waals surface area contributed by atoms with E-state index in [0.29, 0.717) is 0 Å². The summed E-state index contributed by atoms with van der Waals surface area (Å²) in [6, 6.07) is 0. The van der Waals surface area contributed by atoms with E-state index in [2.05, 4.69) is 19.6 Å². The average molecular weight is 214 g/mol. The summed E-state index contributed by atoms with van der Waals surface area (Å²) in [5, 5.41) is 0. The second-order valence-electron chi connectivity index (χ2n) is 3.40. The van der Waals surface area contributed by atoms with Gasteiger partial charge in [-0.05, 0) is 25.0 Å². The fourth-order valence-electron chi connectivity index (χ4n) is 1.43. The molecule has 0 saturated heterocycles. The van der Waals surface area contributed by atoms with Crippen LogP contribution in [0.1, 0.15) is 26.2 Å². The van der Waals surface area contributed by atoms with E-state index < -0.39 is 0 Å². The zero-order valence-corrected chi connectivity index (χ0v) is 9.54. The van der Waals surface area contributed by atoms with Gasteiger partial charge in [0.2, 0.25) is 0 Å². The molecule has 0 aliphatic rings. The molecule has 3 nitrogen and oxygen atoms in total. The normalized spacial score (nSPS) is 10.7. The zero-order chi connectivity index (χ0) is 10.4. The zero-order valence-electron chi connectivity index (χ0n) is 8.65. The van der Waals surface area contributed by atoms with Crippen LogP contribution in [0, 0.1) is 0 Å². The summed E-state index contributed by atoms with van der Waals surface area (Å²) in [6.07, 6.45) is 6.83. The second kappa shape index (κ2) is 5.96. The third-order valence-corrected chi connectivity index (χ3v) is 2.51. The van der Waals surface area contributed by atoms with Crippen LogP contribution in [0.3, 0.4) is 0 Å². The highest BCUT2D eigenvalue weighted by Gasteiger charge is 2.00. The molecule has 80 valence electrons. The van der Waals surface area contributed by atoms with Gasteiger partial charge in [0.1, 0.15) is 0 Å². The minimum absolute atomic E-state index is 0.117. The van der Waals surface area contributed by atoms with E-state index in [1.807, 2.05) is 12.4 Å². The van der Waals surface area contributed by atoms with Crippen LogP contribution < -0.4 is 5.69 Å². The second-order valence-corrected chi connectivity index (χ2v) is 3.85. The molecule has 0 bridgehead atoms. The molecule has 0 atom stereocenters. The number of thiol groups is 1. The molecule has 0 fully saturated rings. The Labute approximate surface area is 90.2 Å². The van der Waals surface area contributed by atoms with Crippen LogP contribution in [0.5, 0.6) is 0 Å². The lowest BCUT2D eigenvalue weighted by molar-refractivity contribution is 0.578. The number of rotatable bonds is 6.